The normalized spacial score (nSPS) is 29.7. The molecule has 0 saturated carbocycles. The Morgan fingerprint density at radius 1 is 1.32 bits per heavy atom. The van der Waals surface area contributed by atoms with Gasteiger partial charge in [-0.3, -0.25) is 9.59 Å². The molecule has 3 atom stereocenters. The van der Waals surface area contributed by atoms with Crippen molar-refractivity contribution in [2.75, 3.05) is 7.11 Å². The van der Waals surface area contributed by atoms with Crippen molar-refractivity contribution >= 4 is 29.5 Å². The van der Waals surface area contributed by atoms with E-state index in [2.05, 4.69) is 5.32 Å². The number of benzene rings is 1. The number of aliphatic carboxylic acids is 1. The van der Waals surface area contributed by atoms with Gasteiger partial charge in [-0.2, -0.15) is 0 Å². The summed E-state index contributed by atoms with van der Waals surface area (Å²) in [4.78, 5) is 38.0. The molecule has 0 aliphatic carbocycles. The topological polar surface area (TPSA) is 95.9 Å². The zero-order chi connectivity index (χ0) is 18.4. The van der Waals surface area contributed by atoms with Crippen molar-refractivity contribution in [2.45, 2.75) is 42.2 Å². The first-order valence-corrected chi connectivity index (χ1v) is 8.74. The maximum absolute atomic E-state index is 12.7. The highest BCUT2D eigenvalue weighted by atomic mass is 32.2. The predicted octanol–water partition coefficient (Wildman–Crippen LogP) is 0.835. The van der Waals surface area contributed by atoms with Crippen molar-refractivity contribution in [3.8, 4) is 0 Å². The predicted molar refractivity (Wildman–Crippen MR) is 91.8 cm³/mol. The Balaban J connectivity index is 1.80. The molecule has 2 heterocycles. The molecule has 2 N–H and O–H groups in total. The number of fused-ring (bicyclic) bond motifs is 1. The van der Waals surface area contributed by atoms with Crippen molar-refractivity contribution in [1.82, 2.24) is 10.2 Å². The Morgan fingerprint density at radius 2 is 1.96 bits per heavy atom. The first-order valence-electron chi connectivity index (χ1n) is 7.86. The third-order valence-electron chi connectivity index (χ3n) is 4.59. The van der Waals surface area contributed by atoms with Crippen LogP contribution in [-0.2, 0) is 25.5 Å². The molecule has 0 unspecified atom stereocenters. The third-order valence-corrected chi connectivity index (χ3v) is 6.21. The van der Waals surface area contributed by atoms with Gasteiger partial charge in [0.2, 0.25) is 5.91 Å². The molecule has 2 aliphatic rings. The Kier molecular flexibility index (Phi) is 4.28. The average Bonchev–Trinajstić information content (AvgIpc) is 2.82. The molecule has 2 fully saturated rings. The number of carboxylic acids is 1. The Hall–Kier alpha value is -2.06. The molecule has 3 rings (SSSR count). The zero-order valence-electron chi connectivity index (χ0n) is 14.2. The quantitative estimate of drug-likeness (QED) is 0.594. The minimum absolute atomic E-state index is 0.113. The lowest BCUT2D eigenvalue weighted by Gasteiger charge is -2.51. The largest absolute Gasteiger partial charge is 0.480 e. The number of ether oxygens (including phenoxy) is 1. The molecule has 0 spiro atoms. The van der Waals surface area contributed by atoms with E-state index < -0.39 is 33.8 Å². The van der Waals surface area contributed by atoms with Crippen molar-refractivity contribution in [2.24, 2.45) is 0 Å². The van der Waals surface area contributed by atoms with Crippen molar-refractivity contribution in [3.05, 3.63) is 35.9 Å². The van der Waals surface area contributed by atoms with Gasteiger partial charge in [0, 0.05) is 11.9 Å². The smallest absolute Gasteiger partial charge is 0.327 e. The number of methoxy groups -OCH3 is 1. The van der Waals surface area contributed by atoms with Crippen molar-refractivity contribution in [3.63, 3.8) is 0 Å². The minimum atomic E-state index is -1.52. The summed E-state index contributed by atoms with van der Waals surface area (Å²) in [6, 6.07) is 8.21. The van der Waals surface area contributed by atoms with Crippen LogP contribution in [0.5, 0.6) is 0 Å². The second kappa shape index (κ2) is 6.03. The van der Waals surface area contributed by atoms with E-state index in [0.29, 0.717) is 0 Å². The fraction of sp³-hybridized carbons (Fsp3) is 0.471. The van der Waals surface area contributed by atoms with Crippen molar-refractivity contribution < 1.29 is 24.2 Å². The molecule has 0 aromatic heterocycles. The summed E-state index contributed by atoms with van der Waals surface area (Å²) in [5.74, 6) is -1.93. The van der Waals surface area contributed by atoms with Crippen LogP contribution in [0.3, 0.4) is 0 Å². The van der Waals surface area contributed by atoms with E-state index in [0.717, 1.165) is 5.56 Å². The van der Waals surface area contributed by atoms with E-state index in [9.17, 15) is 19.5 Å². The number of nitrogens with one attached hydrogen (secondary N) is 1. The first kappa shape index (κ1) is 17.8. The Bertz CT molecular complexity index is 723. The SMILES string of the molecule is CO[C@@]1(NC(=O)Cc2ccccc2)C(=O)N2[C@@H](C(=O)O)C(C)(C)S[C@@H]21. The number of β-lactam (4-membered cyclic amide) rings is 1. The Labute approximate surface area is 149 Å². The van der Waals surface area contributed by atoms with Gasteiger partial charge in [0.25, 0.3) is 11.6 Å². The molecule has 0 bridgehead atoms. The molecule has 1 aromatic carbocycles. The zero-order valence-corrected chi connectivity index (χ0v) is 15.0. The minimum Gasteiger partial charge on any atom is -0.480 e. The number of thioether (sulfide) groups is 1. The third kappa shape index (κ3) is 2.69. The molecule has 134 valence electrons. The van der Waals surface area contributed by atoms with Gasteiger partial charge < -0.3 is 20.1 Å². The molecule has 2 aliphatic heterocycles. The fourth-order valence-corrected chi connectivity index (χ4v) is 5.09. The van der Waals surface area contributed by atoms with E-state index in [1.54, 1.807) is 13.8 Å². The summed E-state index contributed by atoms with van der Waals surface area (Å²) in [5, 5.41) is 11.6. The second-order valence-corrected chi connectivity index (χ2v) is 8.41. The summed E-state index contributed by atoms with van der Waals surface area (Å²) in [5.41, 5.74) is -0.699. The standard InChI is InChI=1S/C17H20N2O5S/c1-16(2)12(13(21)22)19-14(23)17(24-3,15(19)25-16)18-11(20)9-10-7-5-4-6-8-10/h4-8,12,15H,9H2,1-3H3,(H,18,20)(H,21,22)/t12-,15+,17-/m0/s1. The number of carbonyl (C=O) groups is 3. The summed E-state index contributed by atoms with van der Waals surface area (Å²) >= 11 is 1.32. The fourth-order valence-electron chi connectivity index (χ4n) is 3.42. The lowest BCUT2D eigenvalue weighted by Crippen LogP contribution is -2.80. The number of carboxylic acid groups (broad SMARTS) is 1. The van der Waals surface area contributed by atoms with Gasteiger partial charge in [0.15, 0.2) is 0 Å². The van der Waals surface area contributed by atoms with Gasteiger partial charge in [-0.25, -0.2) is 4.79 Å². The number of rotatable bonds is 5. The van der Waals surface area contributed by atoms with Crippen LogP contribution in [0, 0.1) is 0 Å². The number of carbonyl (C=O) groups excluding carboxylic acids is 2. The lowest BCUT2D eigenvalue weighted by molar-refractivity contribution is -0.201. The molecular weight excluding hydrogens is 344 g/mol. The van der Waals surface area contributed by atoms with E-state index in [4.69, 9.17) is 4.74 Å². The van der Waals surface area contributed by atoms with Gasteiger partial charge in [-0.15, -0.1) is 11.8 Å². The molecule has 25 heavy (non-hydrogen) atoms. The van der Waals surface area contributed by atoms with Crippen LogP contribution in [-0.4, -0.2) is 56.8 Å². The summed E-state index contributed by atoms with van der Waals surface area (Å²) in [7, 11) is 1.35. The van der Waals surface area contributed by atoms with Crippen LogP contribution in [0.1, 0.15) is 19.4 Å². The van der Waals surface area contributed by atoms with Gasteiger partial charge in [-0.05, 0) is 19.4 Å². The number of hydrogen-bond donors (Lipinski definition) is 2. The summed E-state index contributed by atoms with van der Waals surface area (Å²) in [6.07, 6.45) is 0.113. The van der Waals surface area contributed by atoms with Gasteiger partial charge >= 0.3 is 5.97 Å². The van der Waals surface area contributed by atoms with Crippen molar-refractivity contribution in [1.29, 1.82) is 0 Å². The van der Waals surface area contributed by atoms with E-state index in [1.807, 2.05) is 30.3 Å². The summed E-state index contributed by atoms with van der Waals surface area (Å²) < 4.78 is 4.71. The lowest BCUT2D eigenvalue weighted by atomic mass is 9.93. The molecule has 8 heteroatoms. The van der Waals surface area contributed by atoms with Gasteiger partial charge in [0.1, 0.15) is 11.4 Å². The van der Waals surface area contributed by atoms with Crippen LogP contribution >= 0.6 is 11.8 Å². The monoisotopic (exact) mass is 364 g/mol. The van der Waals surface area contributed by atoms with E-state index in [-0.39, 0.29) is 12.3 Å². The highest BCUT2D eigenvalue weighted by Gasteiger charge is 2.73. The molecule has 1 aromatic rings. The highest BCUT2D eigenvalue weighted by molar-refractivity contribution is 8.01. The van der Waals surface area contributed by atoms with Crippen LogP contribution in [0.4, 0.5) is 0 Å². The second-order valence-electron chi connectivity index (χ2n) is 6.68. The van der Waals surface area contributed by atoms with Gasteiger partial charge in [-0.1, -0.05) is 30.3 Å². The number of nitrogens with zero attached hydrogens (tertiary/aromatic N) is 1. The van der Waals surface area contributed by atoms with Crippen LogP contribution in [0.2, 0.25) is 0 Å². The molecule has 2 amide bonds. The number of hydrogen-bond acceptors (Lipinski definition) is 5. The molecule has 7 nitrogen and oxygen atoms in total. The summed E-state index contributed by atoms with van der Waals surface area (Å²) in [6.45, 7) is 3.54. The maximum Gasteiger partial charge on any atom is 0.327 e. The maximum atomic E-state index is 12.7. The number of amides is 2. The first-order chi connectivity index (χ1) is 11.7. The highest BCUT2D eigenvalue weighted by Crippen LogP contribution is 2.55. The van der Waals surface area contributed by atoms with E-state index >= 15 is 0 Å². The van der Waals surface area contributed by atoms with Crippen LogP contribution in [0.15, 0.2) is 30.3 Å². The Morgan fingerprint density at radius 3 is 2.52 bits per heavy atom. The van der Waals surface area contributed by atoms with Crippen LogP contribution < -0.4 is 5.32 Å². The molecule has 2 saturated heterocycles. The average molecular weight is 364 g/mol. The molecule has 0 radical (unpaired) electrons. The molecular formula is C17H20N2O5S. The van der Waals surface area contributed by atoms with E-state index in [1.165, 1.54) is 23.8 Å². The van der Waals surface area contributed by atoms with Crippen LogP contribution in [0.25, 0.3) is 0 Å². The van der Waals surface area contributed by atoms with Gasteiger partial charge in [0.05, 0.1) is 6.42 Å².